The minimum absolute atomic E-state index is 0.133. The Morgan fingerprint density at radius 3 is 2.78 bits per heavy atom. The molecular formula is C19H20N2O2. The van der Waals surface area contributed by atoms with Crippen molar-refractivity contribution < 1.29 is 9.53 Å². The van der Waals surface area contributed by atoms with Gasteiger partial charge in [0.2, 0.25) is 0 Å². The fourth-order valence-electron chi connectivity index (χ4n) is 2.86. The molecule has 1 amide bonds. The molecule has 0 unspecified atom stereocenters. The standard InChI is InChI=1S/C19H20N2O2/c1-13-9-10-16(14(2)12-13)19(22)20-21-11-5-7-15-6-4-8-17(23-3)18(15)21/h4-6,8-12H,7H2,1-3H3,(H,20,22). The van der Waals surface area contributed by atoms with Crippen molar-refractivity contribution in [2.45, 2.75) is 20.3 Å². The second kappa shape index (κ2) is 6.16. The number of carbonyl (C=O) groups excluding carboxylic acids is 1. The van der Waals surface area contributed by atoms with Gasteiger partial charge >= 0.3 is 0 Å². The molecule has 1 heterocycles. The molecule has 1 aliphatic rings. The molecular weight excluding hydrogens is 288 g/mol. The number of rotatable bonds is 3. The minimum atomic E-state index is -0.133. The van der Waals surface area contributed by atoms with Crippen molar-refractivity contribution in [2.75, 3.05) is 12.1 Å². The van der Waals surface area contributed by atoms with Gasteiger partial charge in [0.1, 0.15) is 11.4 Å². The summed E-state index contributed by atoms with van der Waals surface area (Å²) in [5.41, 5.74) is 7.73. The number of nitrogens with zero attached hydrogens (tertiary/aromatic N) is 1. The van der Waals surface area contributed by atoms with Crippen LogP contribution in [-0.2, 0) is 6.42 Å². The number of hydrogen-bond acceptors (Lipinski definition) is 3. The Kier molecular flexibility index (Phi) is 4.06. The molecule has 2 aromatic carbocycles. The van der Waals surface area contributed by atoms with Crippen molar-refractivity contribution >= 4 is 11.6 Å². The largest absolute Gasteiger partial charge is 0.494 e. The monoisotopic (exact) mass is 308 g/mol. The molecule has 0 spiro atoms. The van der Waals surface area contributed by atoms with Crippen LogP contribution in [0, 0.1) is 13.8 Å². The van der Waals surface area contributed by atoms with Crippen molar-refractivity contribution in [1.29, 1.82) is 0 Å². The van der Waals surface area contributed by atoms with Gasteiger partial charge in [-0.05, 0) is 43.5 Å². The number of nitrogens with one attached hydrogen (secondary N) is 1. The molecule has 118 valence electrons. The highest BCUT2D eigenvalue weighted by Gasteiger charge is 2.20. The van der Waals surface area contributed by atoms with Gasteiger partial charge in [-0.1, -0.05) is 35.9 Å². The number of hydrogen-bond donors (Lipinski definition) is 1. The quantitative estimate of drug-likeness (QED) is 0.943. The first-order valence-electron chi connectivity index (χ1n) is 7.60. The highest BCUT2D eigenvalue weighted by atomic mass is 16.5. The maximum absolute atomic E-state index is 12.6. The molecule has 4 heteroatoms. The normalized spacial score (nSPS) is 12.7. The highest BCUT2D eigenvalue weighted by Crippen LogP contribution is 2.34. The Morgan fingerprint density at radius 2 is 2.04 bits per heavy atom. The SMILES string of the molecule is COc1cccc2c1N(NC(=O)c1ccc(C)cc1C)C=CC2. The molecule has 0 bridgehead atoms. The molecule has 0 fully saturated rings. The van der Waals surface area contributed by atoms with Crippen molar-refractivity contribution in [1.82, 2.24) is 5.43 Å². The smallest absolute Gasteiger partial charge is 0.270 e. The van der Waals surface area contributed by atoms with E-state index in [1.54, 1.807) is 12.1 Å². The molecule has 3 rings (SSSR count). The third-order valence-corrected chi connectivity index (χ3v) is 3.98. The summed E-state index contributed by atoms with van der Waals surface area (Å²) in [6.45, 7) is 3.96. The molecule has 0 atom stereocenters. The maximum atomic E-state index is 12.6. The molecule has 1 N–H and O–H groups in total. The zero-order valence-corrected chi connectivity index (χ0v) is 13.6. The molecule has 0 radical (unpaired) electrons. The lowest BCUT2D eigenvalue weighted by atomic mass is 10.0. The number of allylic oxidation sites excluding steroid dienone is 1. The van der Waals surface area contributed by atoms with E-state index in [0.29, 0.717) is 5.56 Å². The van der Waals surface area contributed by atoms with Gasteiger partial charge in [-0.2, -0.15) is 0 Å². The number of benzene rings is 2. The zero-order valence-electron chi connectivity index (χ0n) is 13.6. The molecule has 2 aromatic rings. The fourth-order valence-corrected chi connectivity index (χ4v) is 2.86. The summed E-state index contributed by atoms with van der Waals surface area (Å²) in [5, 5.41) is 1.74. The summed E-state index contributed by atoms with van der Waals surface area (Å²) < 4.78 is 5.44. The van der Waals surface area contributed by atoms with Crippen molar-refractivity contribution in [3.63, 3.8) is 0 Å². The number of fused-ring (bicyclic) bond motifs is 1. The topological polar surface area (TPSA) is 41.6 Å². The van der Waals surface area contributed by atoms with Crippen molar-refractivity contribution in [2.24, 2.45) is 0 Å². The van der Waals surface area contributed by atoms with E-state index in [4.69, 9.17) is 4.74 Å². The number of hydrazine groups is 1. The maximum Gasteiger partial charge on any atom is 0.270 e. The summed E-state index contributed by atoms with van der Waals surface area (Å²) >= 11 is 0. The Morgan fingerprint density at radius 1 is 1.22 bits per heavy atom. The first kappa shape index (κ1) is 15.2. The van der Waals surface area contributed by atoms with Gasteiger partial charge in [0.15, 0.2) is 0 Å². The fraction of sp³-hybridized carbons (Fsp3) is 0.211. The van der Waals surface area contributed by atoms with Crippen LogP contribution in [0.25, 0.3) is 0 Å². The molecule has 0 saturated heterocycles. The van der Waals surface area contributed by atoms with E-state index in [0.717, 1.165) is 34.5 Å². The molecule has 0 aromatic heterocycles. The van der Waals surface area contributed by atoms with Gasteiger partial charge in [-0.15, -0.1) is 0 Å². The lowest BCUT2D eigenvalue weighted by Gasteiger charge is -2.28. The van der Waals surface area contributed by atoms with Gasteiger partial charge < -0.3 is 4.74 Å². The van der Waals surface area contributed by atoms with Crippen LogP contribution in [0.2, 0.25) is 0 Å². The second-order valence-corrected chi connectivity index (χ2v) is 5.69. The summed E-state index contributed by atoms with van der Waals surface area (Å²) in [6.07, 6.45) is 4.71. The van der Waals surface area contributed by atoms with E-state index in [2.05, 4.69) is 5.43 Å². The van der Waals surface area contributed by atoms with E-state index in [9.17, 15) is 4.79 Å². The number of ether oxygens (including phenoxy) is 1. The predicted octanol–water partition coefficient (Wildman–Crippen LogP) is 3.53. The Hall–Kier alpha value is -2.75. The van der Waals surface area contributed by atoms with Gasteiger partial charge in [-0.25, -0.2) is 0 Å². The molecule has 0 saturated carbocycles. The Balaban J connectivity index is 1.90. The predicted molar refractivity (Wildman–Crippen MR) is 91.7 cm³/mol. The second-order valence-electron chi connectivity index (χ2n) is 5.69. The number of methoxy groups -OCH3 is 1. The lowest BCUT2D eigenvalue weighted by molar-refractivity contribution is 0.0952. The lowest BCUT2D eigenvalue weighted by Crippen LogP contribution is -2.40. The van der Waals surface area contributed by atoms with E-state index in [1.165, 1.54) is 0 Å². The average Bonchev–Trinajstić information content (AvgIpc) is 2.54. The molecule has 0 aliphatic carbocycles. The third kappa shape index (κ3) is 2.93. The third-order valence-electron chi connectivity index (χ3n) is 3.98. The average molecular weight is 308 g/mol. The van der Waals surface area contributed by atoms with E-state index >= 15 is 0 Å². The summed E-state index contributed by atoms with van der Waals surface area (Å²) in [5.74, 6) is 0.610. The summed E-state index contributed by atoms with van der Waals surface area (Å²) in [7, 11) is 1.64. The Bertz CT molecular complexity index is 781. The molecule has 4 nitrogen and oxygen atoms in total. The number of carbonyl (C=O) groups is 1. The number of amides is 1. The summed E-state index contributed by atoms with van der Waals surface area (Å²) in [6, 6.07) is 11.7. The van der Waals surface area contributed by atoms with E-state index in [1.807, 2.05) is 62.5 Å². The van der Waals surface area contributed by atoms with E-state index in [-0.39, 0.29) is 5.91 Å². The van der Waals surface area contributed by atoms with Crippen LogP contribution in [0.1, 0.15) is 27.0 Å². The van der Waals surface area contributed by atoms with Crippen LogP contribution in [0.3, 0.4) is 0 Å². The van der Waals surface area contributed by atoms with Crippen molar-refractivity contribution in [3.05, 3.63) is 70.9 Å². The van der Waals surface area contributed by atoms with Crippen LogP contribution in [0.15, 0.2) is 48.7 Å². The van der Waals surface area contributed by atoms with Crippen LogP contribution >= 0.6 is 0 Å². The molecule has 1 aliphatic heterocycles. The number of aryl methyl sites for hydroxylation is 2. The van der Waals surface area contributed by atoms with Gasteiger partial charge in [0.25, 0.3) is 5.91 Å². The Labute approximate surface area is 136 Å². The van der Waals surface area contributed by atoms with Gasteiger partial charge in [-0.3, -0.25) is 15.2 Å². The molecule has 23 heavy (non-hydrogen) atoms. The first-order valence-corrected chi connectivity index (χ1v) is 7.60. The number of para-hydroxylation sites is 1. The van der Waals surface area contributed by atoms with E-state index < -0.39 is 0 Å². The van der Waals surface area contributed by atoms with Crippen LogP contribution < -0.4 is 15.2 Å². The van der Waals surface area contributed by atoms with Crippen LogP contribution in [0.4, 0.5) is 5.69 Å². The first-order chi connectivity index (χ1) is 11.1. The van der Waals surface area contributed by atoms with Crippen LogP contribution in [0.5, 0.6) is 5.75 Å². The minimum Gasteiger partial charge on any atom is -0.494 e. The van der Waals surface area contributed by atoms with Gasteiger partial charge in [0, 0.05) is 11.8 Å². The zero-order chi connectivity index (χ0) is 16.4. The van der Waals surface area contributed by atoms with Crippen molar-refractivity contribution in [3.8, 4) is 5.75 Å². The number of anilines is 1. The van der Waals surface area contributed by atoms with Crippen LogP contribution in [-0.4, -0.2) is 13.0 Å². The van der Waals surface area contributed by atoms with Gasteiger partial charge in [0.05, 0.1) is 7.11 Å². The summed E-state index contributed by atoms with van der Waals surface area (Å²) in [4.78, 5) is 12.6. The highest BCUT2D eigenvalue weighted by molar-refractivity contribution is 5.97.